The van der Waals surface area contributed by atoms with Crippen molar-refractivity contribution in [2.75, 3.05) is 0 Å². The van der Waals surface area contributed by atoms with Crippen molar-refractivity contribution in [3.8, 4) is 0 Å². The minimum absolute atomic E-state index is 0.0631. The molecular weight excluding hydrogens is 426 g/mol. The third-order valence-electron chi connectivity index (χ3n) is 6.23. The third-order valence-corrected chi connectivity index (χ3v) is 7.09. The normalized spacial score (nSPS) is 14.8. The number of aryl methyl sites for hydroxylation is 2. The smallest absolute Gasteiger partial charge is 0.329 e. The van der Waals surface area contributed by atoms with E-state index < -0.39 is 23.3 Å². The van der Waals surface area contributed by atoms with Crippen molar-refractivity contribution in [3.05, 3.63) is 72.7 Å². The monoisotopic (exact) mass is 449 g/mol. The van der Waals surface area contributed by atoms with E-state index in [9.17, 15) is 19.5 Å². The van der Waals surface area contributed by atoms with Crippen LogP contribution in [-0.2, 0) is 11.2 Å². The Labute approximate surface area is 187 Å². The number of H-pyrrole nitrogens is 1. The summed E-state index contributed by atoms with van der Waals surface area (Å²) in [6.45, 7) is 4.14. The molecule has 0 spiro atoms. The summed E-state index contributed by atoms with van der Waals surface area (Å²) in [5, 5.41) is 10.8. The van der Waals surface area contributed by atoms with Gasteiger partial charge in [-0.1, -0.05) is 12.1 Å². The lowest BCUT2D eigenvalue weighted by atomic mass is 10.0. The number of hydrogen-bond donors (Lipinski definition) is 2. The summed E-state index contributed by atoms with van der Waals surface area (Å²) in [7, 11) is 0. The number of carboxylic acids is 1. The van der Waals surface area contributed by atoms with Gasteiger partial charge in [-0.25, -0.2) is 4.79 Å². The Morgan fingerprint density at radius 2 is 2.03 bits per heavy atom. The number of aromatic amines is 1. The molecule has 1 fully saturated rings. The van der Waals surface area contributed by atoms with Gasteiger partial charge >= 0.3 is 11.7 Å². The average molecular weight is 450 g/mol. The fourth-order valence-corrected chi connectivity index (χ4v) is 5.60. The molecular formula is C24H23N3O4S. The van der Waals surface area contributed by atoms with Gasteiger partial charge in [0.25, 0.3) is 5.56 Å². The summed E-state index contributed by atoms with van der Waals surface area (Å²) in [5.74, 6) is -0.945. The quantitative estimate of drug-likeness (QED) is 0.464. The molecule has 2 aromatic carbocycles. The van der Waals surface area contributed by atoms with Crippen molar-refractivity contribution < 1.29 is 9.90 Å². The summed E-state index contributed by atoms with van der Waals surface area (Å²) in [6, 6.07) is 9.07. The Balaban J connectivity index is 1.55. The van der Waals surface area contributed by atoms with E-state index >= 15 is 0 Å². The molecule has 8 heteroatoms. The molecule has 0 saturated heterocycles. The van der Waals surface area contributed by atoms with Crippen molar-refractivity contribution >= 4 is 39.3 Å². The molecule has 0 bridgehead atoms. The second kappa shape index (κ2) is 7.70. The largest absolute Gasteiger partial charge is 0.481 e. The number of nitrogens with one attached hydrogen (secondary N) is 1. The molecule has 4 aromatic rings. The highest BCUT2D eigenvalue weighted by molar-refractivity contribution is 7.07. The zero-order chi connectivity index (χ0) is 22.6. The summed E-state index contributed by atoms with van der Waals surface area (Å²) in [5.41, 5.74) is 3.82. The van der Waals surface area contributed by atoms with Crippen molar-refractivity contribution in [1.29, 1.82) is 0 Å². The number of carboxylic acid groups (broad SMARTS) is 1. The highest BCUT2D eigenvalue weighted by Crippen LogP contribution is 2.40. The van der Waals surface area contributed by atoms with E-state index in [4.69, 9.17) is 0 Å². The Morgan fingerprint density at radius 1 is 1.25 bits per heavy atom. The lowest BCUT2D eigenvalue weighted by Crippen LogP contribution is -2.39. The minimum Gasteiger partial charge on any atom is -0.481 e. The lowest BCUT2D eigenvalue weighted by molar-refractivity contribution is -0.138. The first-order valence-corrected chi connectivity index (χ1v) is 11.4. The summed E-state index contributed by atoms with van der Waals surface area (Å²) >= 11 is 1.47. The number of aromatic nitrogens is 3. The fraction of sp³-hybridized carbons (Fsp3) is 0.333. The number of carbonyl (C=O) groups is 1. The Bertz CT molecular complexity index is 1490. The predicted molar refractivity (Wildman–Crippen MR) is 125 cm³/mol. The van der Waals surface area contributed by atoms with Gasteiger partial charge in [-0.05, 0) is 79.0 Å². The van der Waals surface area contributed by atoms with E-state index in [0.29, 0.717) is 17.3 Å². The molecule has 2 N–H and O–H groups in total. The number of aliphatic carboxylic acids is 1. The first kappa shape index (κ1) is 20.6. The summed E-state index contributed by atoms with van der Waals surface area (Å²) < 4.78 is 5.69. The van der Waals surface area contributed by atoms with Gasteiger partial charge in [0.15, 0.2) is 0 Å². The maximum absolute atomic E-state index is 13.1. The van der Waals surface area contributed by atoms with Gasteiger partial charge in [0, 0.05) is 16.7 Å². The van der Waals surface area contributed by atoms with E-state index in [0.717, 1.165) is 38.8 Å². The number of benzene rings is 2. The standard InChI is InChI=1S/C24H23N3O4S/c1-12-7-13(2)22-18(8-12)26-32-20(22)10-14-3-6-16-17(9-14)25-24(31)27(23(16)30)19(11-21(28)29)15-4-5-15/h3,6-9,15,19H,4-5,10-11H2,1-2H3,(H,25,31)(H,28,29). The molecule has 32 heavy (non-hydrogen) atoms. The van der Waals surface area contributed by atoms with Crippen LogP contribution < -0.4 is 11.2 Å². The van der Waals surface area contributed by atoms with Crippen molar-refractivity contribution in [1.82, 2.24) is 13.9 Å². The van der Waals surface area contributed by atoms with Crippen LogP contribution in [0.15, 0.2) is 39.9 Å². The molecule has 1 unspecified atom stereocenters. The van der Waals surface area contributed by atoms with Crippen LogP contribution in [0.5, 0.6) is 0 Å². The molecule has 5 rings (SSSR count). The van der Waals surface area contributed by atoms with Crippen LogP contribution in [-0.4, -0.2) is 25.0 Å². The van der Waals surface area contributed by atoms with E-state index in [1.165, 1.54) is 22.7 Å². The van der Waals surface area contributed by atoms with Crippen LogP contribution in [0.3, 0.4) is 0 Å². The van der Waals surface area contributed by atoms with Crippen LogP contribution in [0.2, 0.25) is 0 Å². The number of nitrogens with zero attached hydrogens (tertiary/aromatic N) is 2. The zero-order valence-electron chi connectivity index (χ0n) is 17.8. The maximum atomic E-state index is 13.1. The topological polar surface area (TPSA) is 105 Å². The van der Waals surface area contributed by atoms with Gasteiger partial charge in [0.05, 0.1) is 28.9 Å². The molecule has 7 nitrogen and oxygen atoms in total. The molecule has 1 saturated carbocycles. The Hall–Kier alpha value is -3.26. The first-order valence-electron chi connectivity index (χ1n) is 10.7. The number of fused-ring (bicyclic) bond motifs is 2. The van der Waals surface area contributed by atoms with Crippen molar-refractivity contribution in [2.24, 2.45) is 5.92 Å². The summed E-state index contributed by atoms with van der Waals surface area (Å²) in [4.78, 5) is 41.2. The van der Waals surface area contributed by atoms with Gasteiger partial charge in [-0.3, -0.25) is 14.2 Å². The predicted octanol–water partition coefficient (Wildman–Crippen LogP) is 3.93. The van der Waals surface area contributed by atoms with Crippen LogP contribution in [0.1, 0.15) is 46.9 Å². The Kier molecular flexibility index (Phi) is 4.97. The van der Waals surface area contributed by atoms with E-state index in [1.54, 1.807) is 6.07 Å². The van der Waals surface area contributed by atoms with Gasteiger partial charge in [0.2, 0.25) is 0 Å². The van der Waals surface area contributed by atoms with Gasteiger partial charge in [-0.2, -0.15) is 4.37 Å². The van der Waals surface area contributed by atoms with Gasteiger partial charge in [-0.15, -0.1) is 0 Å². The molecule has 1 aliphatic carbocycles. The van der Waals surface area contributed by atoms with Gasteiger partial charge in [0.1, 0.15) is 0 Å². The van der Waals surface area contributed by atoms with Crippen molar-refractivity contribution in [2.45, 2.75) is 45.6 Å². The fourth-order valence-electron chi connectivity index (χ4n) is 4.65. The van der Waals surface area contributed by atoms with E-state index in [2.05, 4.69) is 35.3 Å². The first-order chi connectivity index (χ1) is 15.3. The Morgan fingerprint density at radius 3 is 2.75 bits per heavy atom. The van der Waals surface area contributed by atoms with Crippen molar-refractivity contribution in [3.63, 3.8) is 0 Å². The minimum atomic E-state index is -1.01. The molecule has 164 valence electrons. The van der Waals surface area contributed by atoms with Crippen LogP contribution in [0, 0.1) is 19.8 Å². The molecule has 1 atom stereocenters. The zero-order valence-corrected chi connectivity index (χ0v) is 18.7. The van der Waals surface area contributed by atoms with Crippen LogP contribution >= 0.6 is 11.5 Å². The molecule has 2 heterocycles. The van der Waals surface area contributed by atoms with Gasteiger partial charge < -0.3 is 10.1 Å². The molecule has 1 aliphatic rings. The van der Waals surface area contributed by atoms with Crippen LogP contribution in [0.4, 0.5) is 0 Å². The average Bonchev–Trinajstić information content (AvgIpc) is 3.48. The van der Waals surface area contributed by atoms with E-state index in [1.807, 2.05) is 12.1 Å². The molecule has 0 aliphatic heterocycles. The second-order valence-corrected chi connectivity index (χ2v) is 9.60. The SMILES string of the molecule is Cc1cc(C)c2c(Cc3ccc4c(=O)n(C(CC(=O)O)C5CC5)c(=O)[nH]c4c3)snc2c1. The molecule has 0 radical (unpaired) electrons. The number of rotatable bonds is 6. The summed E-state index contributed by atoms with van der Waals surface area (Å²) in [6.07, 6.45) is 2.09. The molecule has 0 amide bonds. The highest BCUT2D eigenvalue weighted by Gasteiger charge is 2.36. The maximum Gasteiger partial charge on any atom is 0.329 e. The third kappa shape index (κ3) is 3.64. The molecule has 2 aromatic heterocycles. The van der Waals surface area contributed by atoms with Crippen LogP contribution in [0.25, 0.3) is 21.8 Å². The highest BCUT2D eigenvalue weighted by atomic mass is 32.1. The van der Waals surface area contributed by atoms with E-state index in [-0.39, 0.29) is 12.3 Å². The lowest BCUT2D eigenvalue weighted by Gasteiger charge is -2.17. The number of hydrogen-bond acceptors (Lipinski definition) is 5. The second-order valence-electron chi connectivity index (χ2n) is 8.75.